The molecule has 0 unspecified atom stereocenters. The van der Waals surface area contributed by atoms with Crippen LogP contribution in [0.25, 0.3) is 11.2 Å². The SMILES string of the molecule is Cn1cnc2c(Cl)cc(NC3CCC(C#N)CC3)nc21. The van der Waals surface area contributed by atoms with E-state index in [0.29, 0.717) is 11.1 Å². The number of aryl methyl sites for hydroxylation is 1. The second-order valence-electron chi connectivity index (χ2n) is 5.34. The van der Waals surface area contributed by atoms with Gasteiger partial charge in [0.15, 0.2) is 5.65 Å². The van der Waals surface area contributed by atoms with Crippen LogP contribution in [-0.2, 0) is 7.05 Å². The molecule has 2 heterocycles. The highest BCUT2D eigenvalue weighted by Gasteiger charge is 2.21. The number of halogens is 1. The zero-order valence-electron chi connectivity index (χ0n) is 11.3. The lowest BCUT2D eigenvalue weighted by atomic mass is 9.87. The Hall–Kier alpha value is -1.80. The molecule has 0 aliphatic heterocycles. The smallest absolute Gasteiger partial charge is 0.163 e. The van der Waals surface area contributed by atoms with Crippen molar-refractivity contribution in [1.82, 2.24) is 14.5 Å². The third kappa shape index (κ3) is 2.44. The quantitative estimate of drug-likeness (QED) is 0.922. The maximum absolute atomic E-state index is 8.92. The first-order valence-electron chi connectivity index (χ1n) is 6.81. The molecule has 20 heavy (non-hydrogen) atoms. The summed E-state index contributed by atoms with van der Waals surface area (Å²) in [4.78, 5) is 8.80. The number of nitriles is 1. The summed E-state index contributed by atoms with van der Waals surface area (Å²) in [5.74, 6) is 0.996. The zero-order chi connectivity index (χ0) is 14.1. The molecular weight excluding hydrogens is 274 g/mol. The summed E-state index contributed by atoms with van der Waals surface area (Å²) < 4.78 is 1.86. The summed E-state index contributed by atoms with van der Waals surface area (Å²) in [6, 6.07) is 4.55. The van der Waals surface area contributed by atoms with Crippen LogP contribution in [0.2, 0.25) is 5.02 Å². The highest BCUT2D eigenvalue weighted by atomic mass is 35.5. The highest BCUT2D eigenvalue weighted by molar-refractivity contribution is 6.35. The minimum atomic E-state index is 0.212. The first kappa shape index (κ1) is 13.2. The van der Waals surface area contributed by atoms with Crippen molar-refractivity contribution in [3.8, 4) is 6.07 Å². The lowest BCUT2D eigenvalue weighted by molar-refractivity contribution is 0.397. The molecule has 0 spiro atoms. The van der Waals surface area contributed by atoms with Crippen LogP contribution < -0.4 is 5.32 Å². The fraction of sp³-hybridized carbons (Fsp3) is 0.500. The summed E-state index contributed by atoms with van der Waals surface area (Å²) in [6.07, 6.45) is 5.62. The Morgan fingerprint density at radius 2 is 2.15 bits per heavy atom. The molecule has 0 aromatic carbocycles. The van der Waals surface area contributed by atoms with Crippen molar-refractivity contribution in [3.05, 3.63) is 17.4 Å². The molecule has 1 saturated carbocycles. The normalized spacial score (nSPS) is 22.6. The van der Waals surface area contributed by atoms with E-state index in [-0.39, 0.29) is 5.92 Å². The highest BCUT2D eigenvalue weighted by Crippen LogP contribution is 2.28. The van der Waals surface area contributed by atoms with Gasteiger partial charge < -0.3 is 9.88 Å². The first-order valence-corrected chi connectivity index (χ1v) is 7.19. The molecule has 1 aliphatic carbocycles. The van der Waals surface area contributed by atoms with Crippen LogP contribution in [0.4, 0.5) is 5.82 Å². The lowest BCUT2D eigenvalue weighted by Crippen LogP contribution is -2.26. The number of imidazole rings is 1. The van der Waals surface area contributed by atoms with Gasteiger partial charge in [-0.05, 0) is 25.7 Å². The Morgan fingerprint density at radius 3 is 2.85 bits per heavy atom. The van der Waals surface area contributed by atoms with Gasteiger partial charge in [-0.1, -0.05) is 11.6 Å². The molecule has 2 aromatic rings. The van der Waals surface area contributed by atoms with E-state index in [4.69, 9.17) is 16.9 Å². The number of fused-ring (bicyclic) bond motifs is 1. The zero-order valence-corrected chi connectivity index (χ0v) is 12.1. The van der Waals surface area contributed by atoms with Crippen LogP contribution in [0, 0.1) is 17.2 Å². The molecule has 1 N–H and O–H groups in total. The summed E-state index contributed by atoms with van der Waals surface area (Å²) >= 11 is 6.24. The van der Waals surface area contributed by atoms with Gasteiger partial charge in [-0.2, -0.15) is 5.26 Å². The van der Waals surface area contributed by atoms with E-state index in [1.807, 2.05) is 17.7 Å². The topological polar surface area (TPSA) is 66.5 Å². The molecule has 0 bridgehead atoms. The van der Waals surface area contributed by atoms with Gasteiger partial charge in [0.2, 0.25) is 0 Å². The maximum atomic E-state index is 8.92. The molecule has 1 fully saturated rings. The van der Waals surface area contributed by atoms with E-state index in [9.17, 15) is 0 Å². The second kappa shape index (κ2) is 5.29. The van der Waals surface area contributed by atoms with E-state index in [0.717, 1.165) is 42.7 Å². The number of anilines is 1. The number of pyridine rings is 1. The molecule has 0 amide bonds. The Bertz CT molecular complexity index is 664. The maximum Gasteiger partial charge on any atom is 0.163 e. The van der Waals surface area contributed by atoms with Gasteiger partial charge >= 0.3 is 0 Å². The van der Waals surface area contributed by atoms with Crippen LogP contribution in [0.5, 0.6) is 0 Å². The van der Waals surface area contributed by atoms with Crippen molar-refractivity contribution in [1.29, 1.82) is 5.26 Å². The van der Waals surface area contributed by atoms with Gasteiger partial charge in [0, 0.05) is 25.1 Å². The Balaban J connectivity index is 1.78. The molecule has 6 heteroatoms. The number of hydrogen-bond donors (Lipinski definition) is 1. The number of aromatic nitrogens is 3. The predicted molar refractivity (Wildman–Crippen MR) is 78.5 cm³/mol. The van der Waals surface area contributed by atoms with E-state index in [1.54, 1.807) is 6.33 Å². The number of nitrogens with one attached hydrogen (secondary N) is 1. The molecule has 5 nitrogen and oxygen atoms in total. The van der Waals surface area contributed by atoms with Crippen LogP contribution in [0.15, 0.2) is 12.4 Å². The van der Waals surface area contributed by atoms with Crippen molar-refractivity contribution >= 4 is 28.6 Å². The standard InChI is InChI=1S/C14H16ClN5/c1-20-8-17-13-11(15)6-12(19-14(13)20)18-10-4-2-9(7-16)3-5-10/h6,8-10H,2-5H2,1H3,(H,18,19). The average Bonchev–Trinajstić information content (AvgIpc) is 2.82. The van der Waals surface area contributed by atoms with Gasteiger partial charge in [-0.3, -0.25) is 0 Å². The molecule has 0 saturated heterocycles. The van der Waals surface area contributed by atoms with Gasteiger partial charge in [0.1, 0.15) is 11.3 Å². The van der Waals surface area contributed by atoms with E-state index in [2.05, 4.69) is 21.4 Å². The summed E-state index contributed by atoms with van der Waals surface area (Å²) in [6.45, 7) is 0. The van der Waals surface area contributed by atoms with Crippen molar-refractivity contribution < 1.29 is 0 Å². The third-order valence-corrected chi connectivity index (χ3v) is 4.17. The van der Waals surface area contributed by atoms with Crippen LogP contribution in [0.1, 0.15) is 25.7 Å². The number of nitrogens with zero attached hydrogens (tertiary/aromatic N) is 4. The van der Waals surface area contributed by atoms with Crippen molar-refractivity contribution in [2.75, 3.05) is 5.32 Å². The fourth-order valence-corrected chi connectivity index (χ4v) is 2.95. The second-order valence-corrected chi connectivity index (χ2v) is 5.75. The minimum absolute atomic E-state index is 0.212. The van der Waals surface area contributed by atoms with Gasteiger partial charge in [-0.15, -0.1) is 0 Å². The number of hydrogen-bond acceptors (Lipinski definition) is 4. The van der Waals surface area contributed by atoms with E-state index < -0.39 is 0 Å². The molecule has 0 radical (unpaired) electrons. The predicted octanol–water partition coefficient (Wildman–Crippen LogP) is 3.12. The average molecular weight is 290 g/mol. The first-order chi connectivity index (χ1) is 9.67. The lowest BCUT2D eigenvalue weighted by Gasteiger charge is -2.26. The molecule has 0 atom stereocenters. The molecule has 1 aliphatic rings. The van der Waals surface area contributed by atoms with Crippen LogP contribution in [-0.4, -0.2) is 20.6 Å². The van der Waals surface area contributed by atoms with Crippen molar-refractivity contribution in [2.45, 2.75) is 31.7 Å². The van der Waals surface area contributed by atoms with E-state index >= 15 is 0 Å². The minimum Gasteiger partial charge on any atom is -0.367 e. The van der Waals surface area contributed by atoms with Crippen LogP contribution in [0.3, 0.4) is 0 Å². The van der Waals surface area contributed by atoms with Gasteiger partial charge in [0.25, 0.3) is 0 Å². The van der Waals surface area contributed by atoms with Crippen LogP contribution >= 0.6 is 11.6 Å². The Morgan fingerprint density at radius 1 is 1.40 bits per heavy atom. The summed E-state index contributed by atoms with van der Waals surface area (Å²) in [5, 5.41) is 13.0. The van der Waals surface area contributed by atoms with Gasteiger partial charge in [0.05, 0.1) is 17.4 Å². The van der Waals surface area contributed by atoms with Gasteiger partial charge in [-0.25, -0.2) is 9.97 Å². The van der Waals surface area contributed by atoms with Crippen molar-refractivity contribution in [3.63, 3.8) is 0 Å². The molecule has 104 valence electrons. The van der Waals surface area contributed by atoms with E-state index in [1.165, 1.54) is 0 Å². The largest absolute Gasteiger partial charge is 0.367 e. The van der Waals surface area contributed by atoms with Crippen molar-refractivity contribution in [2.24, 2.45) is 13.0 Å². The molecule has 3 rings (SSSR count). The summed E-state index contributed by atoms with van der Waals surface area (Å²) in [7, 11) is 1.90. The molecule has 2 aromatic heterocycles. The monoisotopic (exact) mass is 289 g/mol. The molecular formula is C14H16ClN5. The Kier molecular flexibility index (Phi) is 3.49. The number of rotatable bonds is 2. The summed E-state index contributed by atoms with van der Waals surface area (Å²) in [5.41, 5.74) is 1.51. The fourth-order valence-electron chi connectivity index (χ4n) is 2.71. The third-order valence-electron chi connectivity index (χ3n) is 3.88. The Labute approximate surface area is 122 Å².